The first-order valence-electron chi connectivity index (χ1n) is 5.51. The van der Waals surface area contributed by atoms with Crippen molar-refractivity contribution in [2.24, 2.45) is 5.73 Å². The van der Waals surface area contributed by atoms with Crippen molar-refractivity contribution >= 4 is 11.3 Å². The lowest BCUT2D eigenvalue weighted by Crippen LogP contribution is -2.43. The van der Waals surface area contributed by atoms with Gasteiger partial charge in [0.15, 0.2) is 0 Å². The molecule has 1 aromatic rings. The van der Waals surface area contributed by atoms with Crippen LogP contribution in [0.2, 0.25) is 0 Å². The summed E-state index contributed by atoms with van der Waals surface area (Å²) in [5, 5.41) is 0. The molecule has 0 aromatic carbocycles. The topological polar surface area (TPSA) is 35.2 Å². The molecule has 15 heavy (non-hydrogen) atoms. The molecule has 2 N–H and O–H groups in total. The van der Waals surface area contributed by atoms with Gasteiger partial charge in [0.1, 0.15) is 0 Å². The van der Waals surface area contributed by atoms with Gasteiger partial charge < -0.3 is 10.5 Å². The fourth-order valence-corrected chi connectivity index (χ4v) is 2.65. The molecule has 1 unspecified atom stereocenters. The Hall–Kier alpha value is -0.380. The molecule has 1 aromatic heterocycles. The molecular weight excluding hydrogens is 206 g/mol. The third-order valence-corrected chi connectivity index (χ3v) is 3.51. The van der Waals surface area contributed by atoms with Gasteiger partial charge in [0.2, 0.25) is 0 Å². The van der Waals surface area contributed by atoms with Crippen molar-refractivity contribution in [2.45, 2.75) is 39.2 Å². The van der Waals surface area contributed by atoms with Crippen LogP contribution in [-0.2, 0) is 17.6 Å². The molecule has 0 spiro atoms. The Kier molecular flexibility index (Phi) is 4.77. The highest BCUT2D eigenvalue weighted by Gasteiger charge is 2.20. The third kappa shape index (κ3) is 4.33. The number of thiophene rings is 1. The predicted molar refractivity (Wildman–Crippen MR) is 66.5 cm³/mol. The molecule has 2 nitrogen and oxygen atoms in total. The van der Waals surface area contributed by atoms with Gasteiger partial charge >= 0.3 is 0 Å². The minimum atomic E-state index is -0.244. The van der Waals surface area contributed by atoms with E-state index in [4.69, 9.17) is 10.5 Å². The molecule has 86 valence electrons. The molecule has 0 amide bonds. The van der Waals surface area contributed by atoms with Crippen LogP contribution in [0.3, 0.4) is 0 Å². The van der Waals surface area contributed by atoms with Crippen molar-refractivity contribution in [2.75, 3.05) is 13.2 Å². The Morgan fingerprint density at radius 2 is 2.00 bits per heavy atom. The van der Waals surface area contributed by atoms with Gasteiger partial charge in [0, 0.05) is 28.3 Å². The van der Waals surface area contributed by atoms with Crippen molar-refractivity contribution in [3.05, 3.63) is 21.9 Å². The largest absolute Gasteiger partial charge is 0.380 e. The molecule has 0 aliphatic rings. The fraction of sp³-hybridized carbons (Fsp3) is 0.667. The number of aryl methyl sites for hydroxylation is 1. The van der Waals surface area contributed by atoms with E-state index in [0.29, 0.717) is 6.61 Å². The summed E-state index contributed by atoms with van der Waals surface area (Å²) in [5.41, 5.74) is 5.92. The van der Waals surface area contributed by atoms with Crippen LogP contribution in [0.5, 0.6) is 0 Å². The zero-order chi connectivity index (χ0) is 11.3. The van der Waals surface area contributed by atoms with Crippen molar-refractivity contribution in [3.8, 4) is 0 Å². The molecular formula is C12H21NOS. The van der Waals surface area contributed by atoms with E-state index in [9.17, 15) is 0 Å². The minimum absolute atomic E-state index is 0.244. The summed E-state index contributed by atoms with van der Waals surface area (Å²) in [7, 11) is 0. The maximum absolute atomic E-state index is 6.17. The highest BCUT2D eigenvalue weighted by atomic mass is 32.1. The van der Waals surface area contributed by atoms with Gasteiger partial charge in [-0.2, -0.15) is 0 Å². The summed E-state index contributed by atoms with van der Waals surface area (Å²) in [6.45, 7) is 7.59. The molecule has 0 saturated heterocycles. The van der Waals surface area contributed by atoms with Crippen molar-refractivity contribution in [1.29, 1.82) is 0 Å². The number of ether oxygens (including phenoxy) is 1. The summed E-state index contributed by atoms with van der Waals surface area (Å²) in [6, 6.07) is 4.37. The Morgan fingerprint density at radius 3 is 2.53 bits per heavy atom. The fourth-order valence-electron chi connectivity index (χ4n) is 1.49. The van der Waals surface area contributed by atoms with Crippen molar-refractivity contribution < 1.29 is 4.74 Å². The van der Waals surface area contributed by atoms with Gasteiger partial charge in [0.05, 0.1) is 6.61 Å². The van der Waals surface area contributed by atoms with Crippen LogP contribution in [0.15, 0.2) is 12.1 Å². The average Bonchev–Trinajstić information content (AvgIpc) is 2.62. The highest BCUT2D eigenvalue weighted by molar-refractivity contribution is 7.12. The maximum Gasteiger partial charge on any atom is 0.0646 e. The molecule has 0 saturated carbocycles. The van der Waals surface area contributed by atoms with Crippen molar-refractivity contribution in [1.82, 2.24) is 0 Å². The van der Waals surface area contributed by atoms with E-state index in [2.05, 4.69) is 19.1 Å². The van der Waals surface area contributed by atoms with Crippen LogP contribution in [0.25, 0.3) is 0 Å². The van der Waals surface area contributed by atoms with Gasteiger partial charge in [0.25, 0.3) is 0 Å². The first-order valence-corrected chi connectivity index (χ1v) is 6.33. The molecule has 1 atom stereocenters. The second-order valence-corrected chi connectivity index (χ2v) is 5.44. The van der Waals surface area contributed by atoms with Gasteiger partial charge in [-0.1, -0.05) is 6.92 Å². The lowest BCUT2D eigenvalue weighted by atomic mass is 10.00. The molecule has 1 rings (SSSR count). The molecule has 1 heterocycles. The Bertz CT molecular complexity index is 294. The van der Waals surface area contributed by atoms with Crippen LogP contribution in [0, 0.1) is 0 Å². The van der Waals surface area contributed by atoms with Crippen LogP contribution in [-0.4, -0.2) is 18.8 Å². The molecule has 3 heteroatoms. The highest BCUT2D eigenvalue weighted by Crippen LogP contribution is 2.21. The van der Waals surface area contributed by atoms with Crippen LogP contribution >= 0.6 is 11.3 Å². The van der Waals surface area contributed by atoms with Crippen molar-refractivity contribution in [3.63, 3.8) is 0 Å². The summed E-state index contributed by atoms with van der Waals surface area (Å²) in [5.74, 6) is 0. The van der Waals surface area contributed by atoms with E-state index in [1.54, 1.807) is 0 Å². The van der Waals surface area contributed by atoms with E-state index in [1.165, 1.54) is 9.75 Å². The summed E-state index contributed by atoms with van der Waals surface area (Å²) >= 11 is 1.86. The Morgan fingerprint density at radius 1 is 1.33 bits per heavy atom. The summed E-state index contributed by atoms with van der Waals surface area (Å²) < 4.78 is 5.38. The third-order valence-electron chi connectivity index (χ3n) is 2.28. The second-order valence-electron chi connectivity index (χ2n) is 4.19. The van der Waals surface area contributed by atoms with Crippen LogP contribution in [0.1, 0.15) is 30.5 Å². The van der Waals surface area contributed by atoms with Gasteiger partial charge in [-0.15, -0.1) is 11.3 Å². The maximum atomic E-state index is 6.17. The zero-order valence-corrected chi connectivity index (χ0v) is 10.7. The standard InChI is InChI=1S/C12H21NOS/c1-4-10-6-7-11(15-10)8-12(3,13)9-14-5-2/h6-7H,4-5,8-9,13H2,1-3H3. The van der Waals surface area contributed by atoms with E-state index in [0.717, 1.165) is 19.4 Å². The first kappa shape index (κ1) is 12.7. The lowest BCUT2D eigenvalue weighted by Gasteiger charge is -2.23. The Labute approximate surface area is 96.4 Å². The normalized spacial score (nSPS) is 15.2. The summed E-state index contributed by atoms with van der Waals surface area (Å²) in [4.78, 5) is 2.79. The zero-order valence-electron chi connectivity index (χ0n) is 9.88. The monoisotopic (exact) mass is 227 g/mol. The van der Waals surface area contributed by atoms with Crippen LogP contribution in [0.4, 0.5) is 0 Å². The first-order chi connectivity index (χ1) is 7.07. The predicted octanol–water partition coefficient (Wildman–Crippen LogP) is 2.61. The number of hydrogen-bond donors (Lipinski definition) is 1. The average molecular weight is 227 g/mol. The van der Waals surface area contributed by atoms with E-state index in [1.807, 2.05) is 25.2 Å². The molecule has 0 aliphatic carbocycles. The lowest BCUT2D eigenvalue weighted by molar-refractivity contribution is 0.102. The minimum Gasteiger partial charge on any atom is -0.380 e. The number of hydrogen-bond acceptors (Lipinski definition) is 3. The smallest absolute Gasteiger partial charge is 0.0646 e. The molecule has 0 aliphatic heterocycles. The van der Waals surface area contributed by atoms with Gasteiger partial charge in [-0.25, -0.2) is 0 Å². The SMILES string of the molecule is CCOCC(C)(N)Cc1ccc(CC)s1. The van der Waals surface area contributed by atoms with E-state index >= 15 is 0 Å². The molecule has 0 fully saturated rings. The second kappa shape index (κ2) is 5.64. The number of rotatable bonds is 6. The van der Waals surface area contributed by atoms with Crippen LogP contribution < -0.4 is 5.73 Å². The van der Waals surface area contributed by atoms with E-state index in [-0.39, 0.29) is 5.54 Å². The van der Waals surface area contributed by atoms with E-state index < -0.39 is 0 Å². The Balaban J connectivity index is 2.52. The number of nitrogens with two attached hydrogens (primary N) is 1. The molecule has 0 bridgehead atoms. The quantitative estimate of drug-likeness (QED) is 0.811. The molecule has 0 radical (unpaired) electrons. The summed E-state index contributed by atoms with van der Waals surface area (Å²) in [6.07, 6.45) is 2.01. The van der Waals surface area contributed by atoms with Gasteiger partial charge in [-0.05, 0) is 32.4 Å². The van der Waals surface area contributed by atoms with Gasteiger partial charge in [-0.3, -0.25) is 0 Å².